The minimum absolute atomic E-state index is 0.153. The Bertz CT molecular complexity index is 632. The summed E-state index contributed by atoms with van der Waals surface area (Å²) in [5.41, 5.74) is 1.22. The van der Waals surface area contributed by atoms with Crippen LogP contribution in [-0.2, 0) is 20.7 Å². The van der Waals surface area contributed by atoms with Crippen molar-refractivity contribution in [3.8, 4) is 5.75 Å². The van der Waals surface area contributed by atoms with E-state index in [4.69, 9.17) is 19.2 Å². The third-order valence-electron chi connectivity index (χ3n) is 5.66. The van der Waals surface area contributed by atoms with Crippen LogP contribution in [0.1, 0.15) is 66.4 Å². The summed E-state index contributed by atoms with van der Waals surface area (Å²) in [6, 6.07) is 6.03. The highest BCUT2D eigenvalue weighted by Gasteiger charge is 2.51. The van der Waals surface area contributed by atoms with Crippen molar-refractivity contribution in [3.05, 3.63) is 23.8 Å². The summed E-state index contributed by atoms with van der Waals surface area (Å²) in [5.74, 6) is 0.933. The summed E-state index contributed by atoms with van der Waals surface area (Å²) >= 11 is -1.38. The molecule has 1 aliphatic heterocycles. The summed E-state index contributed by atoms with van der Waals surface area (Å²) in [5, 5.41) is 5.63. The second-order valence-corrected chi connectivity index (χ2v) is 10.5. The highest BCUT2D eigenvalue weighted by atomic mass is 32.2. The molecule has 5 nitrogen and oxygen atoms in total. The van der Waals surface area contributed by atoms with Crippen molar-refractivity contribution in [2.24, 2.45) is 5.14 Å². The zero-order chi connectivity index (χ0) is 19.9. The van der Waals surface area contributed by atoms with Crippen molar-refractivity contribution in [2.45, 2.75) is 76.8 Å². The summed E-state index contributed by atoms with van der Waals surface area (Å²) in [6.45, 7) is 14.1. The van der Waals surface area contributed by atoms with Crippen LogP contribution in [-0.4, -0.2) is 34.7 Å². The van der Waals surface area contributed by atoms with Crippen molar-refractivity contribution < 1.29 is 18.6 Å². The van der Waals surface area contributed by atoms with E-state index in [2.05, 4.69) is 6.92 Å². The highest BCUT2D eigenvalue weighted by molar-refractivity contribution is 7.90. The molecular formula is C19H32BNO4S. The Hall–Kier alpha value is -0.725. The third-order valence-corrected chi connectivity index (χ3v) is 6.91. The van der Waals surface area contributed by atoms with E-state index in [0.29, 0.717) is 6.42 Å². The van der Waals surface area contributed by atoms with E-state index >= 15 is 0 Å². The molecule has 0 aromatic heterocycles. The second-order valence-electron chi connectivity index (χ2n) is 8.75. The predicted molar refractivity (Wildman–Crippen MR) is 108 cm³/mol. The van der Waals surface area contributed by atoms with Crippen LogP contribution in [0.2, 0.25) is 0 Å². The fraction of sp³-hybridized carbons (Fsp3) is 0.684. The number of ether oxygens (including phenoxy) is 1. The van der Waals surface area contributed by atoms with Gasteiger partial charge in [0, 0.05) is 17.8 Å². The number of hydrogen-bond acceptors (Lipinski definition) is 5. The fourth-order valence-corrected chi connectivity index (χ4v) is 3.60. The number of hydrogen-bond donors (Lipinski definition) is 1. The monoisotopic (exact) mass is 381 g/mol. The smallest absolute Gasteiger partial charge is 0.494 e. The maximum Gasteiger partial charge on any atom is 0.494 e. The molecule has 0 saturated carbocycles. The normalized spacial score (nSPS) is 21.5. The van der Waals surface area contributed by atoms with E-state index in [9.17, 15) is 4.55 Å². The van der Waals surface area contributed by atoms with Gasteiger partial charge in [0.1, 0.15) is 10.5 Å². The van der Waals surface area contributed by atoms with Gasteiger partial charge in [0.25, 0.3) is 0 Å². The van der Waals surface area contributed by atoms with Gasteiger partial charge in [-0.2, -0.15) is 5.14 Å². The number of methoxy groups -OCH3 is 1. The standard InChI is InChI=1S/C19H32BNO4S/c1-13(12-17(2,3)26(21)22)15-10-9-14(11-16(15)23-8)20-24-18(4,5)19(6,7)25-20/h9-11,13H,12,21H2,1-8H3/t13-,26?/m0/s1. The quantitative estimate of drug-likeness (QED) is 0.606. The predicted octanol–water partition coefficient (Wildman–Crippen LogP) is 2.89. The van der Waals surface area contributed by atoms with Crippen LogP contribution in [0.15, 0.2) is 18.2 Å². The molecule has 2 rings (SSSR count). The van der Waals surface area contributed by atoms with Crippen LogP contribution < -0.4 is 15.3 Å². The molecule has 1 saturated heterocycles. The molecule has 1 fully saturated rings. The van der Waals surface area contributed by atoms with Gasteiger partial charge in [0.05, 0.1) is 18.3 Å². The first-order chi connectivity index (χ1) is 11.8. The molecule has 0 amide bonds. The minimum Gasteiger partial charge on any atom is -0.598 e. The van der Waals surface area contributed by atoms with Crippen LogP contribution in [0.3, 0.4) is 0 Å². The highest BCUT2D eigenvalue weighted by Crippen LogP contribution is 2.38. The molecule has 7 heteroatoms. The van der Waals surface area contributed by atoms with Crippen molar-refractivity contribution in [2.75, 3.05) is 7.11 Å². The molecule has 1 aromatic rings. The molecule has 0 aliphatic carbocycles. The van der Waals surface area contributed by atoms with Gasteiger partial charge in [0.15, 0.2) is 0 Å². The Kier molecular flexibility index (Phi) is 6.11. The first-order valence-corrected chi connectivity index (χ1v) is 10.2. The van der Waals surface area contributed by atoms with Crippen LogP contribution in [0.25, 0.3) is 0 Å². The summed E-state index contributed by atoms with van der Waals surface area (Å²) in [6.07, 6.45) is 0.697. The molecule has 0 bridgehead atoms. The average Bonchev–Trinajstić information content (AvgIpc) is 2.74. The Morgan fingerprint density at radius 1 is 1.23 bits per heavy atom. The number of nitrogens with two attached hydrogens (primary N) is 1. The lowest BCUT2D eigenvalue weighted by atomic mass is 9.77. The number of rotatable bonds is 6. The minimum atomic E-state index is -1.38. The summed E-state index contributed by atoms with van der Waals surface area (Å²) in [4.78, 5) is 0. The van der Waals surface area contributed by atoms with Gasteiger partial charge in [-0.05, 0) is 64.6 Å². The second kappa shape index (κ2) is 7.36. The zero-order valence-corrected chi connectivity index (χ0v) is 18.0. The topological polar surface area (TPSA) is 76.8 Å². The first kappa shape index (κ1) is 21.6. The Morgan fingerprint density at radius 2 is 1.77 bits per heavy atom. The van der Waals surface area contributed by atoms with E-state index in [1.807, 2.05) is 59.7 Å². The summed E-state index contributed by atoms with van der Waals surface area (Å²) in [7, 11) is 1.23. The third kappa shape index (κ3) is 4.23. The van der Waals surface area contributed by atoms with Crippen LogP contribution in [0.5, 0.6) is 5.75 Å². The van der Waals surface area contributed by atoms with Crippen molar-refractivity contribution in [1.29, 1.82) is 0 Å². The van der Waals surface area contributed by atoms with E-state index in [0.717, 1.165) is 16.8 Å². The zero-order valence-electron chi connectivity index (χ0n) is 17.2. The number of benzene rings is 1. The lowest BCUT2D eigenvalue weighted by Gasteiger charge is -2.32. The van der Waals surface area contributed by atoms with Gasteiger partial charge < -0.3 is 18.6 Å². The largest absolute Gasteiger partial charge is 0.598 e. The maximum atomic E-state index is 11.8. The molecule has 2 N–H and O–H groups in total. The molecule has 0 spiro atoms. The first-order valence-electron chi connectivity index (χ1n) is 9.00. The van der Waals surface area contributed by atoms with Gasteiger partial charge in [-0.25, -0.2) is 0 Å². The molecule has 1 aromatic carbocycles. The van der Waals surface area contributed by atoms with Gasteiger partial charge >= 0.3 is 7.12 Å². The SMILES string of the molecule is COc1cc(B2OC(C)(C)C(C)(C)O2)ccc1[C@@H](C)CC(C)(C)[S+](N)[O-]. The lowest BCUT2D eigenvalue weighted by Crippen LogP contribution is -2.41. The van der Waals surface area contributed by atoms with Gasteiger partial charge in [-0.15, -0.1) is 0 Å². The molecule has 1 unspecified atom stereocenters. The Balaban J connectivity index is 2.26. The fourth-order valence-electron chi connectivity index (χ4n) is 3.19. The average molecular weight is 381 g/mol. The van der Waals surface area contributed by atoms with Gasteiger partial charge in [-0.1, -0.05) is 19.1 Å². The Morgan fingerprint density at radius 3 is 2.23 bits per heavy atom. The van der Waals surface area contributed by atoms with E-state index in [1.165, 1.54) is 0 Å². The van der Waals surface area contributed by atoms with E-state index in [-0.39, 0.29) is 17.1 Å². The van der Waals surface area contributed by atoms with Crippen LogP contribution in [0.4, 0.5) is 0 Å². The molecule has 1 heterocycles. The molecule has 146 valence electrons. The van der Waals surface area contributed by atoms with E-state index in [1.54, 1.807) is 7.11 Å². The van der Waals surface area contributed by atoms with Crippen molar-refractivity contribution >= 4 is 23.9 Å². The molecule has 1 aliphatic rings. The van der Waals surface area contributed by atoms with Crippen LogP contribution in [0, 0.1) is 0 Å². The maximum absolute atomic E-state index is 11.8. The van der Waals surface area contributed by atoms with Gasteiger partial charge in [0.2, 0.25) is 0 Å². The molecule has 2 atom stereocenters. The van der Waals surface area contributed by atoms with E-state index < -0.39 is 23.2 Å². The molecule has 0 radical (unpaired) electrons. The Labute approximate surface area is 161 Å². The van der Waals surface area contributed by atoms with Crippen LogP contribution >= 0.6 is 0 Å². The summed E-state index contributed by atoms with van der Waals surface area (Å²) < 4.78 is 29.2. The van der Waals surface area contributed by atoms with Crippen molar-refractivity contribution in [1.82, 2.24) is 0 Å². The molecular weight excluding hydrogens is 349 g/mol. The lowest BCUT2D eigenvalue weighted by molar-refractivity contribution is 0.00578. The molecule has 26 heavy (non-hydrogen) atoms. The van der Waals surface area contributed by atoms with Gasteiger partial charge in [-0.3, -0.25) is 0 Å². The van der Waals surface area contributed by atoms with Crippen molar-refractivity contribution in [3.63, 3.8) is 0 Å².